The van der Waals surface area contributed by atoms with Gasteiger partial charge in [0.1, 0.15) is 5.82 Å². The number of aromatic nitrogens is 2. The Kier molecular flexibility index (Phi) is 6.99. The van der Waals surface area contributed by atoms with Crippen LogP contribution in [0.5, 0.6) is 0 Å². The van der Waals surface area contributed by atoms with Gasteiger partial charge in [0, 0.05) is 25.6 Å². The molecule has 184 valence electrons. The molecule has 34 heavy (non-hydrogen) atoms. The fourth-order valence-electron chi connectivity index (χ4n) is 4.12. The minimum Gasteiger partial charge on any atom is -0.376 e. The Labute approximate surface area is 200 Å². The summed E-state index contributed by atoms with van der Waals surface area (Å²) in [5.74, 6) is -0.574. The lowest BCUT2D eigenvalue weighted by Gasteiger charge is -2.33. The number of nitrogens with one attached hydrogen (secondary N) is 4. The Morgan fingerprint density at radius 2 is 2.06 bits per heavy atom. The molecule has 2 aliphatic heterocycles. The molecule has 0 bridgehead atoms. The average Bonchev–Trinajstić information content (AvgIpc) is 3.46. The van der Waals surface area contributed by atoms with Crippen LogP contribution in [-0.4, -0.2) is 46.2 Å². The van der Waals surface area contributed by atoms with Crippen molar-refractivity contribution in [3.05, 3.63) is 46.6 Å². The van der Waals surface area contributed by atoms with Gasteiger partial charge in [-0.1, -0.05) is 18.2 Å². The molecule has 3 heterocycles. The summed E-state index contributed by atoms with van der Waals surface area (Å²) in [6, 6.07) is 4.47. The molecule has 8 nitrogen and oxygen atoms in total. The first-order chi connectivity index (χ1) is 16.1. The molecular weight excluding hydrogens is 469 g/mol. The summed E-state index contributed by atoms with van der Waals surface area (Å²) in [7, 11) is 0. The molecular formula is C22H27F3N6O2S. The molecule has 0 spiro atoms. The predicted octanol–water partition coefficient (Wildman–Crippen LogP) is 3.45. The molecule has 1 aromatic carbocycles. The number of anilines is 1. The van der Waals surface area contributed by atoms with Crippen LogP contribution in [0.3, 0.4) is 0 Å². The van der Waals surface area contributed by atoms with Crippen molar-refractivity contribution in [2.75, 3.05) is 18.5 Å². The van der Waals surface area contributed by atoms with Crippen LogP contribution in [0.4, 0.5) is 19.0 Å². The summed E-state index contributed by atoms with van der Waals surface area (Å²) in [4.78, 5) is 12.5. The maximum atomic E-state index is 13.9. The predicted molar refractivity (Wildman–Crippen MR) is 124 cm³/mol. The summed E-state index contributed by atoms with van der Waals surface area (Å²) < 4.78 is 48.0. The summed E-state index contributed by atoms with van der Waals surface area (Å²) in [5, 5.41) is 10.2. The number of amides is 1. The smallest absolute Gasteiger partial charge is 0.376 e. The van der Waals surface area contributed by atoms with E-state index in [1.807, 2.05) is 32.0 Å². The number of hydrazine groups is 1. The fraction of sp³-hybridized carbons (Fsp3) is 0.500. The van der Waals surface area contributed by atoms with Gasteiger partial charge in [-0.25, -0.2) is 4.68 Å². The molecule has 0 aliphatic carbocycles. The molecule has 0 saturated carbocycles. The normalized spacial score (nSPS) is 22.0. The second-order valence-corrected chi connectivity index (χ2v) is 9.03. The molecule has 1 amide bonds. The van der Waals surface area contributed by atoms with Crippen molar-refractivity contribution >= 4 is 29.1 Å². The molecule has 12 heteroatoms. The van der Waals surface area contributed by atoms with E-state index in [9.17, 15) is 18.0 Å². The van der Waals surface area contributed by atoms with Crippen molar-refractivity contribution in [2.24, 2.45) is 0 Å². The number of aryl methyl sites for hydroxylation is 2. The molecule has 2 aromatic rings. The first-order valence-electron chi connectivity index (χ1n) is 11.1. The van der Waals surface area contributed by atoms with Gasteiger partial charge >= 0.3 is 6.18 Å². The van der Waals surface area contributed by atoms with E-state index in [-0.39, 0.29) is 29.1 Å². The van der Waals surface area contributed by atoms with Crippen molar-refractivity contribution < 1.29 is 22.7 Å². The highest BCUT2D eigenvalue weighted by Gasteiger charge is 2.46. The van der Waals surface area contributed by atoms with Gasteiger partial charge in [-0.3, -0.25) is 15.6 Å². The van der Waals surface area contributed by atoms with Gasteiger partial charge in [-0.2, -0.15) is 18.3 Å². The molecule has 4 N–H and O–H groups in total. The van der Waals surface area contributed by atoms with Gasteiger partial charge in [-0.05, 0) is 55.6 Å². The Hall–Kier alpha value is -2.86. The number of rotatable bonds is 4. The highest BCUT2D eigenvalue weighted by atomic mass is 32.1. The fourth-order valence-corrected chi connectivity index (χ4v) is 4.25. The maximum Gasteiger partial charge on any atom is 0.410 e. The molecule has 1 aromatic heterocycles. The average molecular weight is 497 g/mol. The molecule has 1 saturated heterocycles. The quantitative estimate of drug-likeness (QED) is 0.381. The number of halogens is 3. The third kappa shape index (κ3) is 5.44. The van der Waals surface area contributed by atoms with E-state index in [1.54, 1.807) is 0 Å². The van der Waals surface area contributed by atoms with Crippen LogP contribution in [0.1, 0.15) is 58.5 Å². The number of carbonyl (C=O) groups excluding carboxylic acids is 1. The highest BCUT2D eigenvalue weighted by molar-refractivity contribution is 7.80. The summed E-state index contributed by atoms with van der Waals surface area (Å²) in [6.07, 6.45) is -2.78. The van der Waals surface area contributed by atoms with E-state index in [1.165, 1.54) is 6.07 Å². The number of benzene rings is 1. The summed E-state index contributed by atoms with van der Waals surface area (Å²) in [6.45, 7) is 5.08. The Bertz CT molecular complexity index is 1070. The second-order valence-electron chi connectivity index (χ2n) is 8.62. The van der Waals surface area contributed by atoms with Crippen LogP contribution >= 0.6 is 12.2 Å². The minimum absolute atomic E-state index is 0.0611. The molecule has 4 rings (SSSR count). The van der Waals surface area contributed by atoms with Crippen LogP contribution in [-0.2, 0) is 4.74 Å². The first-order valence-corrected chi connectivity index (χ1v) is 11.5. The third-order valence-corrected chi connectivity index (χ3v) is 6.41. The molecule has 1 fully saturated rings. The number of thiocarbonyl (C=S) groups is 1. The topological polar surface area (TPSA) is 92.2 Å². The molecule has 0 unspecified atom stereocenters. The number of nitrogens with zero attached hydrogens (tertiary/aromatic N) is 2. The Morgan fingerprint density at radius 1 is 1.26 bits per heavy atom. The molecule has 3 atom stereocenters. The summed E-state index contributed by atoms with van der Waals surface area (Å²) >= 11 is 5.12. The van der Waals surface area contributed by atoms with E-state index in [0.717, 1.165) is 34.2 Å². The minimum atomic E-state index is -4.53. The summed E-state index contributed by atoms with van der Waals surface area (Å²) in [5.41, 5.74) is 7.57. The Balaban J connectivity index is 1.45. The zero-order valence-corrected chi connectivity index (χ0v) is 19.6. The lowest BCUT2D eigenvalue weighted by Crippen LogP contribution is -2.48. The molecule has 2 aliphatic rings. The monoisotopic (exact) mass is 496 g/mol. The van der Waals surface area contributed by atoms with Crippen molar-refractivity contribution in [3.8, 4) is 0 Å². The second kappa shape index (κ2) is 9.79. The van der Waals surface area contributed by atoms with E-state index in [4.69, 9.17) is 17.0 Å². The number of fused-ring (bicyclic) bond motifs is 1. The lowest BCUT2D eigenvalue weighted by atomic mass is 9.94. The standard InChI is InChI=1S/C22H27F3N6O2S/c1-12-5-6-14(8-13(12)2)16-9-18(22(23,24)25)31-19(27-16)10-17(30-31)20(32)28-29-21(34)26-11-15-4-3-7-33-15/h5-6,8,10,15-16,18,27H,3-4,7,9,11H2,1-2H3,(H,28,32)(H2,26,29,34)/t15-,16-,18-/m0/s1. The number of ether oxygens (including phenoxy) is 1. The third-order valence-electron chi connectivity index (χ3n) is 6.16. The van der Waals surface area contributed by atoms with Crippen LogP contribution in [0, 0.1) is 13.8 Å². The number of hydrogen-bond donors (Lipinski definition) is 4. The van der Waals surface area contributed by atoms with Crippen molar-refractivity contribution in [1.29, 1.82) is 0 Å². The van der Waals surface area contributed by atoms with Crippen molar-refractivity contribution in [1.82, 2.24) is 25.9 Å². The van der Waals surface area contributed by atoms with Gasteiger partial charge < -0.3 is 15.4 Å². The van der Waals surface area contributed by atoms with Crippen LogP contribution in [0.15, 0.2) is 24.3 Å². The van der Waals surface area contributed by atoms with Crippen LogP contribution in [0.25, 0.3) is 0 Å². The van der Waals surface area contributed by atoms with Crippen molar-refractivity contribution in [2.45, 2.75) is 57.5 Å². The van der Waals surface area contributed by atoms with E-state index in [2.05, 4.69) is 26.6 Å². The SMILES string of the molecule is Cc1ccc([C@@H]2C[C@@H](C(F)(F)F)n3nc(C(=O)NNC(=S)NC[C@@H]4CCCO4)cc3N2)cc1C. The largest absolute Gasteiger partial charge is 0.410 e. The van der Waals surface area contributed by atoms with Crippen LogP contribution in [0.2, 0.25) is 0 Å². The number of carbonyl (C=O) groups is 1. The van der Waals surface area contributed by atoms with Gasteiger partial charge in [0.2, 0.25) is 0 Å². The maximum absolute atomic E-state index is 13.9. The van der Waals surface area contributed by atoms with Gasteiger partial charge in [0.25, 0.3) is 5.91 Å². The van der Waals surface area contributed by atoms with E-state index < -0.39 is 24.2 Å². The number of hydrogen-bond acceptors (Lipinski definition) is 5. The zero-order chi connectivity index (χ0) is 24.5. The zero-order valence-electron chi connectivity index (χ0n) is 18.8. The van der Waals surface area contributed by atoms with E-state index in [0.29, 0.717) is 13.2 Å². The Morgan fingerprint density at radius 3 is 2.74 bits per heavy atom. The van der Waals surface area contributed by atoms with Crippen molar-refractivity contribution in [3.63, 3.8) is 0 Å². The lowest BCUT2D eigenvalue weighted by molar-refractivity contribution is -0.173. The van der Waals surface area contributed by atoms with E-state index >= 15 is 0 Å². The molecule has 0 radical (unpaired) electrons. The van der Waals surface area contributed by atoms with Crippen LogP contribution < -0.4 is 21.5 Å². The highest BCUT2D eigenvalue weighted by Crippen LogP contribution is 2.43. The van der Waals surface area contributed by atoms with Gasteiger partial charge in [0.05, 0.1) is 12.1 Å². The van der Waals surface area contributed by atoms with Gasteiger partial charge in [0.15, 0.2) is 16.8 Å². The number of alkyl halides is 3. The van der Waals surface area contributed by atoms with Gasteiger partial charge in [-0.15, -0.1) is 0 Å². The first kappa shape index (κ1) is 24.3.